The molecule has 3 aromatic rings. The molecule has 1 amide bonds. The van der Waals surface area contributed by atoms with Crippen LogP contribution in [0.5, 0.6) is 0 Å². The molecular weight excluding hydrogens is 346 g/mol. The first kappa shape index (κ1) is 18.2. The van der Waals surface area contributed by atoms with Gasteiger partial charge in [0.05, 0.1) is 17.3 Å². The number of carbonyl (C=O) groups excluding carboxylic acids is 1. The van der Waals surface area contributed by atoms with E-state index in [2.05, 4.69) is 15.5 Å². The Bertz CT molecular complexity index is 872. The molecule has 26 heavy (non-hydrogen) atoms. The summed E-state index contributed by atoms with van der Waals surface area (Å²) in [5, 5.41) is 11.2. The molecule has 1 aromatic heterocycles. The lowest BCUT2D eigenvalue weighted by Crippen LogP contribution is -2.21. The minimum atomic E-state index is -0.200. The van der Waals surface area contributed by atoms with Crippen molar-refractivity contribution in [2.24, 2.45) is 0 Å². The van der Waals surface area contributed by atoms with Gasteiger partial charge in [0.1, 0.15) is 5.69 Å². The van der Waals surface area contributed by atoms with Crippen molar-refractivity contribution in [3.63, 3.8) is 0 Å². The summed E-state index contributed by atoms with van der Waals surface area (Å²) in [6, 6.07) is 17.3. The van der Waals surface area contributed by atoms with E-state index >= 15 is 0 Å². The third-order valence-electron chi connectivity index (χ3n) is 4.49. The number of hydrogen-bond acceptors (Lipinski definition) is 2. The Morgan fingerprint density at radius 3 is 2.42 bits per heavy atom. The van der Waals surface area contributed by atoms with Gasteiger partial charge in [0.2, 0.25) is 5.91 Å². The number of hydrogen-bond donors (Lipinski definition) is 2. The van der Waals surface area contributed by atoms with Crippen LogP contribution in [0.4, 0.5) is 5.69 Å². The van der Waals surface area contributed by atoms with Crippen LogP contribution in [0.25, 0.3) is 11.3 Å². The predicted octanol–water partition coefficient (Wildman–Crippen LogP) is 5.42. The van der Waals surface area contributed by atoms with Crippen LogP contribution in [0, 0.1) is 0 Å². The summed E-state index contributed by atoms with van der Waals surface area (Å²) in [5.41, 5.74) is 4.31. The van der Waals surface area contributed by atoms with E-state index in [0.717, 1.165) is 41.0 Å². The largest absolute Gasteiger partial charge is 0.322 e. The van der Waals surface area contributed by atoms with E-state index in [9.17, 15) is 4.79 Å². The van der Waals surface area contributed by atoms with Gasteiger partial charge in [0, 0.05) is 10.6 Å². The fourth-order valence-corrected chi connectivity index (χ4v) is 3.18. The summed E-state index contributed by atoms with van der Waals surface area (Å²) in [4.78, 5) is 13.0. The quantitative estimate of drug-likeness (QED) is 0.610. The Hall–Kier alpha value is -2.59. The van der Waals surface area contributed by atoms with E-state index in [0.29, 0.717) is 5.02 Å². The molecule has 134 valence electrons. The van der Waals surface area contributed by atoms with E-state index in [-0.39, 0.29) is 11.8 Å². The second-order valence-corrected chi connectivity index (χ2v) is 6.58. The number of amides is 1. The molecule has 0 aliphatic rings. The topological polar surface area (TPSA) is 57.8 Å². The number of H-pyrrole nitrogens is 1. The number of halogens is 1. The van der Waals surface area contributed by atoms with Crippen molar-refractivity contribution in [2.75, 3.05) is 5.32 Å². The minimum absolute atomic E-state index is 0.0231. The highest BCUT2D eigenvalue weighted by Gasteiger charge is 2.22. The zero-order valence-electron chi connectivity index (χ0n) is 14.9. The number of anilines is 1. The SMILES string of the molecule is CCc1[nH]nc(-c2ccc(Cl)cc2)c1NC(=O)C(CC)c1ccccc1. The highest BCUT2D eigenvalue weighted by atomic mass is 35.5. The van der Waals surface area contributed by atoms with Gasteiger partial charge in [-0.1, -0.05) is 67.9 Å². The summed E-state index contributed by atoms with van der Waals surface area (Å²) >= 11 is 5.99. The van der Waals surface area contributed by atoms with Crippen molar-refractivity contribution in [2.45, 2.75) is 32.6 Å². The average molecular weight is 368 g/mol. The van der Waals surface area contributed by atoms with Crippen molar-refractivity contribution in [1.82, 2.24) is 10.2 Å². The fraction of sp³-hybridized carbons (Fsp3) is 0.238. The molecule has 3 rings (SSSR count). The monoisotopic (exact) mass is 367 g/mol. The molecule has 0 spiro atoms. The van der Waals surface area contributed by atoms with E-state index in [1.165, 1.54) is 0 Å². The molecule has 0 radical (unpaired) electrons. The van der Waals surface area contributed by atoms with E-state index in [1.54, 1.807) is 0 Å². The number of aryl methyl sites for hydroxylation is 1. The van der Waals surface area contributed by atoms with E-state index in [1.807, 2.05) is 68.4 Å². The standard InChI is InChI=1S/C21H22ClN3O/c1-3-17(14-8-6-5-7-9-14)21(26)23-20-18(4-2)24-25-19(20)15-10-12-16(22)13-11-15/h5-13,17H,3-4H2,1-2H3,(H,23,26)(H,24,25). The molecule has 0 fully saturated rings. The molecule has 1 heterocycles. The van der Waals surface area contributed by atoms with Gasteiger partial charge >= 0.3 is 0 Å². The third kappa shape index (κ3) is 3.81. The van der Waals surface area contributed by atoms with Crippen LogP contribution < -0.4 is 5.32 Å². The van der Waals surface area contributed by atoms with Crippen molar-refractivity contribution >= 4 is 23.2 Å². The first-order valence-corrected chi connectivity index (χ1v) is 9.20. The van der Waals surface area contributed by atoms with Crippen molar-refractivity contribution in [3.8, 4) is 11.3 Å². The molecule has 0 bridgehead atoms. The summed E-state index contributed by atoms with van der Waals surface area (Å²) in [7, 11) is 0. The maximum absolute atomic E-state index is 13.0. The van der Waals surface area contributed by atoms with Crippen LogP contribution in [0.3, 0.4) is 0 Å². The Balaban J connectivity index is 1.92. The number of carbonyl (C=O) groups is 1. The number of aromatic nitrogens is 2. The van der Waals surface area contributed by atoms with Gasteiger partial charge in [0.15, 0.2) is 0 Å². The highest BCUT2D eigenvalue weighted by molar-refractivity contribution is 6.30. The smallest absolute Gasteiger partial charge is 0.232 e. The molecular formula is C21H22ClN3O. The summed E-state index contributed by atoms with van der Waals surface area (Å²) in [5.74, 6) is -0.223. The van der Waals surface area contributed by atoms with Gasteiger partial charge in [-0.3, -0.25) is 9.89 Å². The normalized spacial score (nSPS) is 12.0. The fourth-order valence-electron chi connectivity index (χ4n) is 3.05. The Morgan fingerprint density at radius 1 is 1.12 bits per heavy atom. The van der Waals surface area contributed by atoms with Gasteiger partial charge in [-0.2, -0.15) is 5.10 Å². The van der Waals surface area contributed by atoms with Crippen molar-refractivity contribution < 1.29 is 4.79 Å². The number of rotatable bonds is 6. The second-order valence-electron chi connectivity index (χ2n) is 6.15. The lowest BCUT2D eigenvalue weighted by molar-refractivity contribution is -0.117. The zero-order valence-corrected chi connectivity index (χ0v) is 15.7. The minimum Gasteiger partial charge on any atom is -0.322 e. The van der Waals surface area contributed by atoms with Crippen LogP contribution in [0.2, 0.25) is 5.02 Å². The highest BCUT2D eigenvalue weighted by Crippen LogP contribution is 2.31. The lowest BCUT2D eigenvalue weighted by Gasteiger charge is -2.16. The van der Waals surface area contributed by atoms with Gasteiger partial charge in [-0.05, 0) is 30.5 Å². The van der Waals surface area contributed by atoms with Crippen molar-refractivity contribution in [1.29, 1.82) is 0 Å². The van der Waals surface area contributed by atoms with E-state index in [4.69, 9.17) is 11.6 Å². The molecule has 1 atom stereocenters. The number of aromatic amines is 1. The Kier molecular flexibility index (Phi) is 5.74. The van der Waals surface area contributed by atoms with Gasteiger partial charge < -0.3 is 5.32 Å². The average Bonchev–Trinajstić information content (AvgIpc) is 3.06. The molecule has 0 aliphatic heterocycles. The summed E-state index contributed by atoms with van der Waals surface area (Å²) in [6.45, 7) is 4.05. The van der Waals surface area contributed by atoms with Crippen molar-refractivity contribution in [3.05, 3.63) is 70.9 Å². The molecule has 0 aliphatic carbocycles. The maximum Gasteiger partial charge on any atom is 0.232 e. The summed E-state index contributed by atoms with van der Waals surface area (Å²) in [6.07, 6.45) is 1.48. The molecule has 0 saturated carbocycles. The molecule has 4 nitrogen and oxygen atoms in total. The summed E-state index contributed by atoms with van der Waals surface area (Å²) < 4.78 is 0. The molecule has 2 aromatic carbocycles. The second kappa shape index (κ2) is 8.19. The molecule has 1 unspecified atom stereocenters. The first-order chi connectivity index (χ1) is 12.6. The Labute approximate surface area is 158 Å². The van der Waals surface area contributed by atoms with Gasteiger partial charge in [-0.25, -0.2) is 0 Å². The van der Waals surface area contributed by atoms with Crippen LogP contribution in [0.1, 0.15) is 37.4 Å². The zero-order chi connectivity index (χ0) is 18.5. The molecule has 2 N–H and O–H groups in total. The third-order valence-corrected chi connectivity index (χ3v) is 4.74. The van der Waals surface area contributed by atoms with Crippen LogP contribution in [-0.2, 0) is 11.2 Å². The van der Waals surface area contributed by atoms with Crippen LogP contribution in [0.15, 0.2) is 54.6 Å². The predicted molar refractivity (Wildman–Crippen MR) is 107 cm³/mol. The maximum atomic E-state index is 13.0. The van der Waals surface area contributed by atoms with Gasteiger partial charge in [0.25, 0.3) is 0 Å². The number of benzene rings is 2. The van der Waals surface area contributed by atoms with E-state index < -0.39 is 0 Å². The van der Waals surface area contributed by atoms with Gasteiger partial charge in [-0.15, -0.1) is 0 Å². The Morgan fingerprint density at radius 2 is 1.81 bits per heavy atom. The van der Waals surface area contributed by atoms with Crippen LogP contribution >= 0.6 is 11.6 Å². The number of nitrogens with one attached hydrogen (secondary N) is 2. The molecule has 5 heteroatoms. The number of nitrogens with zero attached hydrogens (tertiary/aromatic N) is 1. The molecule has 0 saturated heterocycles. The van der Waals surface area contributed by atoms with Crippen LogP contribution in [-0.4, -0.2) is 16.1 Å². The lowest BCUT2D eigenvalue weighted by atomic mass is 9.95. The first-order valence-electron chi connectivity index (χ1n) is 8.83.